The smallest absolute Gasteiger partial charge is 0.353 e. The minimum Gasteiger partial charge on any atom is -0.468 e. The molecule has 0 fully saturated rings. The minimum atomic E-state index is -0.589. The monoisotopic (exact) mass is 317 g/mol. The van der Waals surface area contributed by atoms with Crippen molar-refractivity contribution < 1.29 is 14.5 Å². The summed E-state index contributed by atoms with van der Waals surface area (Å²) < 4.78 is 4.56. The van der Waals surface area contributed by atoms with Gasteiger partial charge in [0.25, 0.3) is 0 Å². The zero-order chi connectivity index (χ0) is 16.8. The molecule has 0 aliphatic heterocycles. The first kappa shape index (κ1) is 16.1. The van der Waals surface area contributed by atoms with Crippen molar-refractivity contribution in [1.82, 2.24) is 9.97 Å². The molecule has 0 amide bonds. The fourth-order valence-electron chi connectivity index (χ4n) is 1.90. The number of benzene rings is 1. The summed E-state index contributed by atoms with van der Waals surface area (Å²) in [7, 11) is 2.76. The predicted molar refractivity (Wildman–Crippen MR) is 83.7 cm³/mol. The normalized spacial score (nSPS) is 10.0. The van der Waals surface area contributed by atoms with Crippen LogP contribution in [0.1, 0.15) is 0 Å². The lowest BCUT2D eigenvalue weighted by Gasteiger charge is -2.17. The van der Waals surface area contributed by atoms with Gasteiger partial charge in [-0.25, -0.2) is 9.97 Å². The predicted octanol–water partition coefficient (Wildman–Crippen LogP) is 1.74. The standard InChI is InChI=1S/C14H15N5O4/c1-18(8-11(20)23-2)14-12(19(21)22)13(15-9-16-14)17-10-6-4-3-5-7-10/h3-7,9H,8H2,1-2H3,(H,15,16,17). The van der Waals surface area contributed by atoms with Crippen LogP contribution in [0.3, 0.4) is 0 Å². The van der Waals surface area contributed by atoms with Crippen molar-refractivity contribution in [2.24, 2.45) is 0 Å². The van der Waals surface area contributed by atoms with Crippen LogP contribution in [0.4, 0.5) is 23.0 Å². The molecular weight excluding hydrogens is 302 g/mol. The molecular formula is C14H15N5O4. The van der Waals surface area contributed by atoms with E-state index in [0.29, 0.717) is 5.69 Å². The summed E-state index contributed by atoms with van der Waals surface area (Å²) in [6.45, 7) is -0.168. The number of hydrogen-bond acceptors (Lipinski definition) is 8. The van der Waals surface area contributed by atoms with Crippen molar-refractivity contribution in [3.05, 3.63) is 46.8 Å². The third kappa shape index (κ3) is 3.90. The van der Waals surface area contributed by atoms with E-state index in [2.05, 4.69) is 20.0 Å². The van der Waals surface area contributed by atoms with E-state index >= 15 is 0 Å². The molecule has 0 spiro atoms. The average molecular weight is 317 g/mol. The molecule has 0 atom stereocenters. The number of carbonyl (C=O) groups is 1. The van der Waals surface area contributed by atoms with Crippen LogP contribution in [0.15, 0.2) is 36.7 Å². The lowest BCUT2D eigenvalue weighted by atomic mass is 10.3. The number of esters is 1. The van der Waals surface area contributed by atoms with Gasteiger partial charge in [0.2, 0.25) is 11.6 Å². The molecule has 9 nitrogen and oxygen atoms in total. The molecule has 0 aliphatic rings. The first-order chi connectivity index (χ1) is 11.0. The van der Waals surface area contributed by atoms with E-state index in [1.54, 1.807) is 24.3 Å². The van der Waals surface area contributed by atoms with Crippen molar-refractivity contribution >= 4 is 29.0 Å². The van der Waals surface area contributed by atoms with E-state index in [1.165, 1.54) is 25.4 Å². The summed E-state index contributed by atoms with van der Waals surface area (Å²) in [6.07, 6.45) is 1.20. The first-order valence-corrected chi connectivity index (χ1v) is 6.62. The molecule has 1 N–H and O–H groups in total. The van der Waals surface area contributed by atoms with Crippen LogP contribution in [-0.2, 0) is 9.53 Å². The van der Waals surface area contributed by atoms with E-state index in [4.69, 9.17) is 0 Å². The van der Waals surface area contributed by atoms with E-state index in [9.17, 15) is 14.9 Å². The zero-order valence-electron chi connectivity index (χ0n) is 12.6. The topological polar surface area (TPSA) is 110 Å². The van der Waals surface area contributed by atoms with Crippen LogP contribution >= 0.6 is 0 Å². The third-order valence-electron chi connectivity index (χ3n) is 2.98. The molecule has 2 rings (SSSR count). The number of nitrogens with zero attached hydrogens (tertiary/aromatic N) is 4. The fourth-order valence-corrected chi connectivity index (χ4v) is 1.90. The van der Waals surface area contributed by atoms with Crippen molar-refractivity contribution in [3.8, 4) is 0 Å². The summed E-state index contributed by atoms with van der Waals surface area (Å²) in [6, 6.07) is 8.92. The summed E-state index contributed by atoms with van der Waals surface area (Å²) in [5, 5.41) is 14.3. The lowest BCUT2D eigenvalue weighted by molar-refractivity contribution is -0.383. The van der Waals surface area contributed by atoms with E-state index in [-0.39, 0.29) is 23.9 Å². The maximum Gasteiger partial charge on any atom is 0.353 e. The van der Waals surface area contributed by atoms with Gasteiger partial charge in [-0.3, -0.25) is 14.9 Å². The highest BCUT2D eigenvalue weighted by Crippen LogP contribution is 2.32. The van der Waals surface area contributed by atoms with Gasteiger partial charge in [-0.2, -0.15) is 0 Å². The SMILES string of the molecule is COC(=O)CN(C)c1ncnc(Nc2ccccc2)c1[N+](=O)[O-]. The molecule has 0 saturated heterocycles. The Morgan fingerprint density at radius 2 is 2.04 bits per heavy atom. The number of carbonyl (C=O) groups excluding carboxylic acids is 1. The number of para-hydroxylation sites is 1. The van der Waals surface area contributed by atoms with Crippen LogP contribution in [0.2, 0.25) is 0 Å². The Bertz CT molecular complexity index is 708. The molecule has 9 heteroatoms. The molecule has 1 heterocycles. The summed E-state index contributed by atoms with van der Waals surface area (Å²) in [5.74, 6) is -0.463. The van der Waals surface area contributed by atoms with Crippen molar-refractivity contribution in [1.29, 1.82) is 0 Å². The number of rotatable bonds is 6. The van der Waals surface area contributed by atoms with Crippen molar-refractivity contribution in [2.75, 3.05) is 30.9 Å². The molecule has 23 heavy (non-hydrogen) atoms. The van der Waals surface area contributed by atoms with Crippen LogP contribution in [-0.4, -0.2) is 41.6 Å². The second kappa shape index (κ2) is 7.16. The molecule has 2 aromatic rings. The van der Waals surface area contributed by atoms with Gasteiger partial charge in [-0.1, -0.05) is 18.2 Å². The second-order valence-corrected chi connectivity index (χ2v) is 4.57. The third-order valence-corrected chi connectivity index (χ3v) is 2.98. The van der Waals surface area contributed by atoms with Gasteiger partial charge >= 0.3 is 11.7 Å². The molecule has 120 valence electrons. The Balaban J connectivity index is 2.38. The Morgan fingerprint density at radius 1 is 1.35 bits per heavy atom. The van der Waals surface area contributed by atoms with Gasteiger partial charge < -0.3 is 15.0 Å². The minimum absolute atomic E-state index is 0.0221. The largest absolute Gasteiger partial charge is 0.468 e. The number of methoxy groups -OCH3 is 1. The van der Waals surface area contributed by atoms with Crippen molar-refractivity contribution in [3.63, 3.8) is 0 Å². The number of ether oxygens (including phenoxy) is 1. The molecule has 1 aromatic carbocycles. The van der Waals surface area contributed by atoms with E-state index in [1.807, 2.05) is 6.07 Å². The quantitative estimate of drug-likeness (QED) is 0.487. The maximum atomic E-state index is 11.4. The Morgan fingerprint density at radius 3 is 2.65 bits per heavy atom. The van der Waals surface area contributed by atoms with E-state index in [0.717, 1.165) is 0 Å². The first-order valence-electron chi connectivity index (χ1n) is 6.62. The number of aromatic nitrogens is 2. The summed E-state index contributed by atoms with van der Waals surface area (Å²) >= 11 is 0. The van der Waals surface area contributed by atoms with E-state index < -0.39 is 10.9 Å². The van der Waals surface area contributed by atoms with Gasteiger partial charge in [0.05, 0.1) is 12.0 Å². The molecule has 0 aliphatic carbocycles. The van der Waals surface area contributed by atoms with Gasteiger partial charge in [0, 0.05) is 12.7 Å². The molecule has 0 bridgehead atoms. The Labute approximate surface area is 132 Å². The number of anilines is 3. The summed E-state index contributed by atoms with van der Waals surface area (Å²) in [5.41, 5.74) is 0.332. The highest BCUT2D eigenvalue weighted by atomic mass is 16.6. The highest BCUT2D eigenvalue weighted by Gasteiger charge is 2.26. The molecule has 0 radical (unpaired) electrons. The highest BCUT2D eigenvalue weighted by molar-refractivity contribution is 5.79. The average Bonchev–Trinajstić information content (AvgIpc) is 2.55. The molecule has 1 aromatic heterocycles. The zero-order valence-corrected chi connectivity index (χ0v) is 12.6. The van der Waals surface area contributed by atoms with Crippen LogP contribution in [0, 0.1) is 10.1 Å². The fraction of sp³-hybridized carbons (Fsp3) is 0.214. The van der Waals surface area contributed by atoms with Crippen LogP contribution in [0.25, 0.3) is 0 Å². The second-order valence-electron chi connectivity index (χ2n) is 4.57. The lowest BCUT2D eigenvalue weighted by Crippen LogP contribution is -2.28. The number of likely N-dealkylation sites (N-methyl/N-ethyl adjacent to an activating group) is 1. The van der Waals surface area contributed by atoms with Gasteiger partial charge in [0.15, 0.2) is 0 Å². The summed E-state index contributed by atoms with van der Waals surface area (Å²) in [4.78, 5) is 31.4. The Hall–Kier alpha value is -3.23. The Kier molecular flexibility index (Phi) is 5.03. The number of nitrogens with one attached hydrogen (secondary N) is 1. The van der Waals surface area contributed by atoms with Gasteiger partial charge in [-0.05, 0) is 12.1 Å². The van der Waals surface area contributed by atoms with Crippen LogP contribution in [0.5, 0.6) is 0 Å². The van der Waals surface area contributed by atoms with Gasteiger partial charge in [0.1, 0.15) is 12.9 Å². The van der Waals surface area contributed by atoms with Gasteiger partial charge in [-0.15, -0.1) is 0 Å². The number of nitro groups is 1. The van der Waals surface area contributed by atoms with Crippen LogP contribution < -0.4 is 10.2 Å². The molecule has 0 saturated carbocycles. The molecule has 0 unspecified atom stereocenters. The number of hydrogen-bond donors (Lipinski definition) is 1. The maximum absolute atomic E-state index is 11.4. The van der Waals surface area contributed by atoms with Crippen molar-refractivity contribution in [2.45, 2.75) is 0 Å².